The van der Waals surface area contributed by atoms with Crippen LogP contribution in [-0.4, -0.2) is 29.8 Å². The monoisotopic (exact) mass is 223 g/mol. The average Bonchev–Trinajstić information content (AvgIpc) is 2.29. The van der Waals surface area contributed by atoms with Gasteiger partial charge in [-0.15, -0.1) is 0 Å². The van der Waals surface area contributed by atoms with E-state index >= 15 is 0 Å². The van der Waals surface area contributed by atoms with Gasteiger partial charge in [0.2, 0.25) is 0 Å². The van der Waals surface area contributed by atoms with E-state index in [1.165, 1.54) is 0 Å². The van der Waals surface area contributed by atoms with Crippen LogP contribution in [0, 0.1) is 6.92 Å². The number of nitrogens with zero attached hydrogens (tertiary/aromatic N) is 2. The third-order valence-electron chi connectivity index (χ3n) is 2.63. The molecule has 2 N–H and O–H groups in total. The van der Waals surface area contributed by atoms with Gasteiger partial charge in [-0.3, -0.25) is 0 Å². The molecule has 1 aliphatic rings. The quantitative estimate of drug-likeness (QED) is 0.806. The molecule has 0 aliphatic carbocycles. The fourth-order valence-electron chi connectivity index (χ4n) is 1.73. The third kappa shape index (κ3) is 2.37. The largest absolute Gasteiger partial charge is 0.376 e. The molecule has 1 aromatic heterocycles. The molecular weight excluding hydrogens is 206 g/mol. The van der Waals surface area contributed by atoms with Gasteiger partial charge in [0.25, 0.3) is 0 Å². The van der Waals surface area contributed by atoms with Crippen molar-refractivity contribution in [1.29, 1.82) is 0 Å². The average molecular weight is 223 g/mol. The Hall–Kier alpha value is -1.04. The van der Waals surface area contributed by atoms with Crippen molar-refractivity contribution in [1.82, 2.24) is 9.97 Å². The van der Waals surface area contributed by atoms with Gasteiger partial charge in [-0.25, -0.2) is 9.97 Å². The summed E-state index contributed by atoms with van der Waals surface area (Å²) in [4.78, 5) is 8.71. The molecule has 16 heavy (non-hydrogen) atoms. The van der Waals surface area contributed by atoms with Crippen LogP contribution in [0.2, 0.25) is 0 Å². The molecule has 0 radical (unpaired) electrons. The van der Waals surface area contributed by atoms with Crippen molar-refractivity contribution >= 4 is 0 Å². The number of nitrogens with two attached hydrogens (primary N) is 1. The van der Waals surface area contributed by atoms with Gasteiger partial charge in [0.1, 0.15) is 6.10 Å². The van der Waals surface area contributed by atoms with Crippen LogP contribution in [0.4, 0.5) is 0 Å². The Labute approximate surface area is 95.0 Å². The van der Waals surface area contributed by atoms with Gasteiger partial charge < -0.3 is 15.2 Å². The summed E-state index contributed by atoms with van der Waals surface area (Å²) in [5, 5.41) is 0. The van der Waals surface area contributed by atoms with E-state index in [1.54, 1.807) is 6.20 Å². The Morgan fingerprint density at radius 1 is 1.50 bits per heavy atom. The second-order valence-electron chi connectivity index (χ2n) is 3.99. The molecule has 2 rings (SSSR count). The van der Waals surface area contributed by atoms with E-state index in [9.17, 15) is 0 Å². The van der Waals surface area contributed by atoms with Crippen molar-refractivity contribution in [2.75, 3.05) is 19.8 Å². The molecule has 1 aliphatic heterocycles. The van der Waals surface area contributed by atoms with Crippen LogP contribution in [0.1, 0.15) is 36.2 Å². The highest BCUT2D eigenvalue weighted by Gasteiger charge is 2.20. The molecule has 0 amide bonds. The van der Waals surface area contributed by atoms with Gasteiger partial charge in [0.15, 0.2) is 5.82 Å². The van der Waals surface area contributed by atoms with E-state index in [0.29, 0.717) is 25.6 Å². The Bertz CT molecular complexity index is 362. The zero-order chi connectivity index (χ0) is 11.5. The van der Waals surface area contributed by atoms with Crippen LogP contribution in [0.25, 0.3) is 0 Å². The van der Waals surface area contributed by atoms with Crippen LogP contribution in [0.15, 0.2) is 6.20 Å². The van der Waals surface area contributed by atoms with Crippen molar-refractivity contribution in [3.05, 3.63) is 23.3 Å². The SMILES string of the molecule is Cc1nc(C2COCCO2)ncc1C(C)N. The van der Waals surface area contributed by atoms with Crippen molar-refractivity contribution in [3.8, 4) is 0 Å². The number of aryl methyl sites for hydroxylation is 1. The Kier molecular flexibility index (Phi) is 3.48. The molecule has 1 aromatic rings. The summed E-state index contributed by atoms with van der Waals surface area (Å²) in [6.07, 6.45) is 1.63. The maximum atomic E-state index is 5.81. The Morgan fingerprint density at radius 2 is 2.31 bits per heavy atom. The number of hydrogen-bond acceptors (Lipinski definition) is 5. The highest BCUT2D eigenvalue weighted by Crippen LogP contribution is 2.19. The predicted octanol–water partition coefficient (Wildman–Crippen LogP) is 0.893. The molecule has 5 heteroatoms. The normalized spacial score (nSPS) is 23.1. The zero-order valence-electron chi connectivity index (χ0n) is 9.64. The minimum atomic E-state index is -0.144. The second kappa shape index (κ2) is 4.86. The standard InChI is InChI=1S/C11H17N3O2/c1-7(12)9-5-13-11(14-8(9)2)10-6-15-3-4-16-10/h5,7,10H,3-4,6,12H2,1-2H3. The molecular formula is C11H17N3O2. The molecule has 0 aromatic carbocycles. The Morgan fingerprint density at radius 3 is 2.88 bits per heavy atom. The van der Waals surface area contributed by atoms with Crippen LogP contribution < -0.4 is 5.73 Å². The minimum Gasteiger partial charge on any atom is -0.376 e. The van der Waals surface area contributed by atoms with E-state index in [0.717, 1.165) is 11.3 Å². The summed E-state index contributed by atoms with van der Waals surface area (Å²) in [7, 11) is 0. The third-order valence-corrected chi connectivity index (χ3v) is 2.63. The van der Waals surface area contributed by atoms with Crippen molar-refractivity contribution in [2.45, 2.75) is 26.0 Å². The van der Waals surface area contributed by atoms with Crippen LogP contribution in [0.3, 0.4) is 0 Å². The number of aromatic nitrogens is 2. The lowest BCUT2D eigenvalue weighted by atomic mass is 10.1. The highest BCUT2D eigenvalue weighted by atomic mass is 16.6. The minimum absolute atomic E-state index is 0.0439. The summed E-state index contributed by atoms with van der Waals surface area (Å²) in [5.74, 6) is 0.682. The molecule has 1 saturated heterocycles. The molecule has 0 bridgehead atoms. The maximum absolute atomic E-state index is 5.81. The van der Waals surface area contributed by atoms with E-state index in [2.05, 4.69) is 9.97 Å². The maximum Gasteiger partial charge on any atom is 0.159 e. The fourth-order valence-corrected chi connectivity index (χ4v) is 1.73. The summed E-state index contributed by atoms with van der Waals surface area (Å²) in [6, 6.07) is -0.0439. The van der Waals surface area contributed by atoms with Crippen LogP contribution in [-0.2, 0) is 9.47 Å². The molecule has 1 fully saturated rings. The first-order chi connectivity index (χ1) is 7.68. The molecule has 88 valence electrons. The first-order valence-electron chi connectivity index (χ1n) is 5.47. The second-order valence-corrected chi connectivity index (χ2v) is 3.99. The van der Waals surface area contributed by atoms with E-state index in [-0.39, 0.29) is 12.1 Å². The zero-order valence-corrected chi connectivity index (χ0v) is 9.64. The molecule has 0 spiro atoms. The Balaban J connectivity index is 2.19. The topological polar surface area (TPSA) is 70.3 Å². The first-order valence-corrected chi connectivity index (χ1v) is 5.47. The van der Waals surface area contributed by atoms with Crippen molar-refractivity contribution < 1.29 is 9.47 Å². The molecule has 2 atom stereocenters. The molecule has 0 saturated carbocycles. The highest BCUT2D eigenvalue weighted by molar-refractivity contribution is 5.20. The number of rotatable bonds is 2. The van der Waals surface area contributed by atoms with Crippen molar-refractivity contribution in [2.24, 2.45) is 5.73 Å². The lowest BCUT2D eigenvalue weighted by Gasteiger charge is -2.22. The van der Waals surface area contributed by atoms with Gasteiger partial charge >= 0.3 is 0 Å². The number of ether oxygens (including phenoxy) is 2. The van der Waals surface area contributed by atoms with Crippen LogP contribution in [0.5, 0.6) is 0 Å². The first kappa shape index (κ1) is 11.4. The summed E-state index contributed by atoms with van der Waals surface area (Å²) < 4.78 is 10.9. The molecule has 2 unspecified atom stereocenters. The van der Waals surface area contributed by atoms with Crippen molar-refractivity contribution in [3.63, 3.8) is 0 Å². The van der Waals surface area contributed by atoms with Crippen LogP contribution >= 0.6 is 0 Å². The molecule has 5 nitrogen and oxygen atoms in total. The van der Waals surface area contributed by atoms with Gasteiger partial charge in [0, 0.05) is 23.5 Å². The summed E-state index contributed by atoms with van der Waals surface area (Å²) in [5.41, 5.74) is 7.69. The van der Waals surface area contributed by atoms with Gasteiger partial charge in [-0.1, -0.05) is 0 Å². The predicted molar refractivity (Wildman–Crippen MR) is 58.9 cm³/mol. The van der Waals surface area contributed by atoms with Gasteiger partial charge in [-0.2, -0.15) is 0 Å². The lowest BCUT2D eigenvalue weighted by molar-refractivity contribution is -0.0936. The smallest absolute Gasteiger partial charge is 0.159 e. The van der Waals surface area contributed by atoms with E-state index in [1.807, 2.05) is 13.8 Å². The van der Waals surface area contributed by atoms with E-state index in [4.69, 9.17) is 15.2 Å². The van der Waals surface area contributed by atoms with E-state index < -0.39 is 0 Å². The van der Waals surface area contributed by atoms with Gasteiger partial charge in [0.05, 0.1) is 19.8 Å². The van der Waals surface area contributed by atoms with Gasteiger partial charge in [-0.05, 0) is 13.8 Å². The lowest BCUT2D eigenvalue weighted by Crippen LogP contribution is -2.24. The summed E-state index contributed by atoms with van der Waals surface area (Å²) >= 11 is 0. The number of hydrogen-bond donors (Lipinski definition) is 1. The fraction of sp³-hybridized carbons (Fsp3) is 0.636. The summed E-state index contributed by atoms with van der Waals surface area (Å²) in [6.45, 7) is 5.63. The molecule has 2 heterocycles.